The molecule has 0 unspecified atom stereocenters. The molecule has 0 aliphatic carbocycles. The molecule has 1 heterocycles. The van der Waals surface area contributed by atoms with Crippen molar-refractivity contribution in [1.29, 1.82) is 0 Å². The van der Waals surface area contributed by atoms with Crippen molar-refractivity contribution in [2.24, 2.45) is 0 Å². The quantitative estimate of drug-likeness (QED) is 0.864. The molecule has 1 aliphatic rings. The zero-order valence-electron chi connectivity index (χ0n) is 11.4. The molecule has 0 saturated carbocycles. The number of rotatable bonds is 5. The Labute approximate surface area is 117 Å². The average molecular weight is 299 g/mol. The van der Waals surface area contributed by atoms with Crippen molar-refractivity contribution < 1.29 is 23.1 Å². The molecule has 7 heteroatoms. The summed E-state index contributed by atoms with van der Waals surface area (Å²) in [5, 5.41) is 8.59. The lowest BCUT2D eigenvalue weighted by molar-refractivity contribution is -0.150. The molecule has 0 radical (unpaired) electrons. The number of anilines is 1. The van der Waals surface area contributed by atoms with Crippen LogP contribution in [0.15, 0.2) is 29.2 Å². The number of nitrogens with zero attached hydrogens (tertiary/aromatic N) is 1. The molecule has 1 saturated heterocycles. The maximum Gasteiger partial charge on any atom is 0.329 e. The van der Waals surface area contributed by atoms with E-state index in [9.17, 15) is 13.2 Å². The van der Waals surface area contributed by atoms with Gasteiger partial charge in [0, 0.05) is 25.0 Å². The Morgan fingerprint density at radius 1 is 1.35 bits per heavy atom. The van der Waals surface area contributed by atoms with Gasteiger partial charge >= 0.3 is 5.97 Å². The summed E-state index contributed by atoms with van der Waals surface area (Å²) in [6.45, 7) is 2.71. The molecule has 110 valence electrons. The molecule has 0 atom stereocenters. The summed E-state index contributed by atoms with van der Waals surface area (Å²) in [4.78, 5) is 12.8. The highest BCUT2D eigenvalue weighted by atomic mass is 32.2. The fourth-order valence-corrected chi connectivity index (χ4v) is 2.81. The Bertz CT molecular complexity index is 602. The van der Waals surface area contributed by atoms with E-state index in [0.29, 0.717) is 13.1 Å². The second-order valence-corrected chi connectivity index (χ2v) is 7.27. The second-order valence-electron chi connectivity index (χ2n) is 5.25. The first-order valence-electron chi connectivity index (χ1n) is 6.10. The number of sulfone groups is 1. The van der Waals surface area contributed by atoms with Crippen LogP contribution in [-0.4, -0.2) is 51.0 Å². The van der Waals surface area contributed by atoms with Gasteiger partial charge < -0.3 is 14.7 Å². The summed E-state index contributed by atoms with van der Waals surface area (Å²) in [6.07, 6.45) is 1.17. The molecule has 1 fully saturated rings. The number of ether oxygens (including phenoxy) is 1. The van der Waals surface area contributed by atoms with Gasteiger partial charge in [0.25, 0.3) is 0 Å². The van der Waals surface area contributed by atoms with Crippen molar-refractivity contribution in [3.8, 4) is 0 Å². The van der Waals surface area contributed by atoms with Crippen molar-refractivity contribution >= 4 is 21.5 Å². The minimum Gasteiger partial charge on any atom is -0.480 e. The van der Waals surface area contributed by atoms with Crippen LogP contribution in [0, 0.1) is 0 Å². The number of benzene rings is 1. The van der Waals surface area contributed by atoms with Gasteiger partial charge in [0.1, 0.15) is 12.2 Å². The minimum absolute atomic E-state index is 0.284. The molecular weight excluding hydrogens is 282 g/mol. The number of aliphatic carboxylic acids is 1. The fourth-order valence-electron chi connectivity index (χ4n) is 2.18. The summed E-state index contributed by atoms with van der Waals surface area (Å²) in [7, 11) is -3.18. The van der Waals surface area contributed by atoms with Crippen LogP contribution in [0.4, 0.5) is 5.69 Å². The maximum atomic E-state index is 11.4. The topological polar surface area (TPSA) is 83.9 Å². The van der Waals surface area contributed by atoms with Crippen LogP contribution in [0.5, 0.6) is 0 Å². The predicted octanol–water partition coefficient (Wildman–Crippen LogP) is 0.770. The first-order valence-corrected chi connectivity index (χ1v) is 8.00. The molecular formula is C13H17NO5S. The minimum atomic E-state index is -3.18. The predicted molar refractivity (Wildman–Crippen MR) is 73.8 cm³/mol. The van der Waals surface area contributed by atoms with Crippen molar-refractivity contribution in [3.05, 3.63) is 24.3 Å². The fraction of sp³-hybridized carbons (Fsp3) is 0.462. The zero-order valence-corrected chi connectivity index (χ0v) is 12.2. The molecule has 2 rings (SSSR count). The van der Waals surface area contributed by atoms with E-state index in [1.807, 2.05) is 11.8 Å². The van der Waals surface area contributed by atoms with E-state index in [-0.39, 0.29) is 11.5 Å². The number of hydrogen-bond donors (Lipinski definition) is 1. The van der Waals surface area contributed by atoms with Gasteiger partial charge in [-0.2, -0.15) is 0 Å². The summed E-state index contributed by atoms with van der Waals surface area (Å²) >= 11 is 0. The number of carboxylic acids is 1. The Morgan fingerprint density at radius 3 is 2.35 bits per heavy atom. The SMILES string of the molecule is CC1(OCC(=O)O)CN(c2ccc(S(C)(=O)=O)cc2)C1. The van der Waals surface area contributed by atoms with E-state index in [4.69, 9.17) is 9.84 Å². The maximum absolute atomic E-state index is 11.4. The van der Waals surface area contributed by atoms with Gasteiger partial charge in [0.05, 0.1) is 4.90 Å². The second kappa shape index (κ2) is 5.06. The third kappa shape index (κ3) is 3.29. The molecule has 6 nitrogen and oxygen atoms in total. The van der Waals surface area contributed by atoms with Crippen LogP contribution >= 0.6 is 0 Å². The van der Waals surface area contributed by atoms with E-state index < -0.39 is 21.4 Å². The first-order chi connectivity index (χ1) is 9.20. The summed E-state index contributed by atoms with van der Waals surface area (Å²) < 4.78 is 28.0. The van der Waals surface area contributed by atoms with E-state index in [1.165, 1.54) is 6.26 Å². The Kier molecular flexibility index (Phi) is 3.75. The molecule has 0 amide bonds. The average Bonchev–Trinajstić information content (AvgIpc) is 2.32. The monoisotopic (exact) mass is 299 g/mol. The van der Waals surface area contributed by atoms with E-state index in [0.717, 1.165) is 5.69 Å². The van der Waals surface area contributed by atoms with Gasteiger partial charge in [-0.3, -0.25) is 0 Å². The lowest BCUT2D eigenvalue weighted by atomic mass is 9.95. The van der Waals surface area contributed by atoms with Gasteiger partial charge in [-0.25, -0.2) is 13.2 Å². The molecule has 1 aromatic carbocycles. The number of carbonyl (C=O) groups is 1. The van der Waals surface area contributed by atoms with Crippen LogP contribution in [0.1, 0.15) is 6.92 Å². The highest BCUT2D eigenvalue weighted by Crippen LogP contribution is 2.30. The number of carboxylic acid groups (broad SMARTS) is 1. The largest absolute Gasteiger partial charge is 0.480 e. The van der Waals surface area contributed by atoms with Crippen LogP contribution in [-0.2, 0) is 19.4 Å². The van der Waals surface area contributed by atoms with Crippen LogP contribution in [0.25, 0.3) is 0 Å². The van der Waals surface area contributed by atoms with Crippen LogP contribution in [0.2, 0.25) is 0 Å². The third-order valence-corrected chi connectivity index (χ3v) is 4.35. The van der Waals surface area contributed by atoms with Crippen molar-refractivity contribution in [2.45, 2.75) is 17.4 Å². The molecule has 1 aliphatic heterocycles. The van der Waals surface area contributed by atoms with Gasteiger partial charge in [-0.15, -0.1) is 0 Å². The van der Waals surface area contributed by atoms with Crippen molar-refractivity contribution in [1.82, 2.24) is 0 Å². The smallest absolute Gasteiger partial charge is 0.329 e. The first kappa shape index (κ1) is 14.8. The molecule has 0 aromatic heterocycles. The molecule has 1 aromatic rings. The summed E-state index contributed by atoms with van der Waals surface area (Å²) in [6, 6.07) is 6.62. The van der Waals surface area contributed by atoms with E-state index in [2.05, 4.69) is 0 Å². The van der Waals surface area contributed by atoms with Gasteiger partial charge in [-0.05, 0) is 31.2 Å². The highest BCUT2D eigenvalue weighted by Gasteiger charge is 2.40. The van der Waals surface area contributed by atoms with Gasteiger partial charge in [-0.1, -0.05) is 0 Å². The Hall–Kier alpha value is -1.60. The van der Waals surface area contributed by atoms with Crippen molar-refractivity contribution in [2.75, 3.05) is 30.9 Å². The highest BCUT2D eigenvalue weighted by molar-refractivity contribution is 7.90. The van der Waals surface area contributed by atoms with Crippen molar-refractivity contribution in [3.63, 3.8) is 0 Å². The van der Waals surface area contributed by atoms with Gasteiger partial charge in [0.2, 0.25) is 0 Å². The zero-order chi connectivity index (χ0) is 15.0. The molecule has 0 spiro atoms. The Morgan fingerprint density at radius 2 is 1.90 bits per heavy atom. The van der Waals surface area contributed by atoms with Crippen LogP contribution in [0.3, 0.4) is 0 Å². The summed E-state index contributed by atoms with van der Waals surface area (Å²) in [5.74, 6) is -0.984. The Balaban J connectivity index is 1.97. The normalized spacial score (nSPS) is 17.6. The van der Waals surface area contributed by atoms with E-state index in [1.54, 1.807) is 24.3 Å². The van der Waals surface area contributed by atoms with Gasteiger partial charge in [0.15, 0.2) is 9.84 Å². The molecule has 0 bridgehead atoms. The third-order valence-electron chi connectivity index (χ3n) is 3.22. The summed E-state index contributed by atoms with van der Waals surface area (Å²) in [5.41, 5.74) is 0.433. The standard InChI is InChI=1S/C13H17NO5S/c1-13(19-7-12(15)16)8-14(9-13)10-3-5-11(6-4-10)20(2,17)18/h3-6H,7-9H2,1-2H3,(H,15,16). The molecule has 20 heavy (non-hydrogen) atoms. The number of hydrogen-bond acceptors (Lipinski definition) is 5. The van der Waals surface area contributed by atoms with E-state index >= 15 is 0 Å². The lowest BCUT2D eigenvalue weighted by Gasteiger charge is -2.48. The lowest BCUT2D eigenvalue weighted by Crippen LogP contribution is -2.62. The molecule has 1 N–H and O–H groups in total. The van der Waals surface area contributed by atoms with Crippen LogP contribution < -0.4 is 4.90 Å².